The second-order valence-electron chi connectivity index (χ2n) is 5.06. The molecule has 2 N–H and O–H groups in total. The summed E-state index contributed by atoms with van der Waals surface area (Å²) in [6, 6.07) is 0. The highest BCUT2D eigenvalue weighted by molar-refractivity contribution is 4.85. The first-order chi connectivity index (χ1) is 6.46. The van der Waals surface area contributed by atoms with Crippen molar-refractivity contribution in [2.24, 2.45) is 11.7 Å². The zero-order chi connectivity index (χ0) is 11.2. The summed E-state index contributed by atoms with van der Waals surface area (Å²) in [5.41, 5.74) is 6.06. The second kappa shape index (κ2) is 6.41. The minimum Gasteiger partial charge on any atom is -0.329 e. The fourth-order valence-corrected chi connectivity index (χ4v) is 1.71. The molecule has 86 valence electrons. The smallest absolute Gasteiger partial charge is 0.0300 e. The van der Waals surface area contributed by atoms with Crippen LogP contribution in [0.5, 0.6) is 0 Å². The zero-order valence-corrected chi connectivity index (χ0v) is 10.6. The van der Waals surface area contributed by atoms with E-state index in [9.17, 15) is 0 Å². The fraction of sp³-hybridized carbons (Fsp3) is 1.00. The SMILES string of the molecule is CCCC(C)(CN)N(C)CCC(C)C. The first kappa shape index (κ1) is 13.9. The summed E-state index contributed by atoms with van der Waals surface area (Å²) in [6.45, 7) is 11.0. The molecule has 0 amide bonds. The Bertz CT molecular complexity index is 145. The molecule has 1 unspecified atom stereocenters. The Hall–Kier alpha value is -0.0800. The number of nitrogens with zero attached hydrogens (tertiary/aromatic N) is 1. The normalized spacial score (nSPS) is 16.3. The maximum Gasteiger partial charge on any atom is 0.0300 e. The number of nitrogens with two attached hydrogens (primary N) is 1. The van der Waals surface area contributed by atoms with Crippen molar-refractivity contribution in [1.29, 1.82) is 0 Å². The van der Waals surface area contributed by atoms with E-state index in [1.54, 1.807) is 0 Å². The zero-order valence-electron chi connectivity index (χ0n) is 10.6. The van der Waals surface area contributed by atoms with Crippen LogP contribution in [0.25, 0.3) is 0 Å². The Morgan fingerprint density at radius 2 is 1.93 bits per heavy atom. The maximum absolute atomic E-state index is 5.86. The van der Waals surface area contributed by atoms with E-state index in [1.165, 1.54) is 19.3 Å². The van der Waals surface area contributed by atoms with E-state index in [0.717, 1.165) is 19.0 Å². The van der Waals surface area contributed by atoms with E-state index in [4.69, 9.17) is 5.73 Å². The van der Waals surface area contributed by atoms with E-state index < -0.39 is 0 Å². The van der Waals surface area contributed by atoms with Gasteiger partial charge in [0, 0.05) is 12.1 Å². The molecular weight excluding hydrogens is 172 g/mol. The van der Waals surface area contributed by atoms with Gasteiger partial charge in [-0.15, -0.1) is 0 Å². The average molecular weight is 200 g/mol. The Morgan fingerprint density at radius 1 is 1.36 bits per heavy atom. The van der Waals surface area contributed by atoms with Crippen molar-refractivity contribution in [2.75, 3.05) is 20.1 Å². The Labute approximate surface area is 89.9 Å². The van der Waals surface area contributed by atoms with Crippen molar-refractivity contribution < 1.29 is 0 Å². The van der Waals surface area contributed by atoms with Gasteiger partial charge in [0.15, 0.2) is 0 Å². The molecular formula is C12H28N2. The summed E-state index contributed by atoms with van der Waals surface area (Å²) < 4.78 is 0. The third-order valence-corrected chi connectivity index (χ3v) is 3.19. The predicted molar refractivity (Wildman–Crippen MR) is 64.5 cm³/mol. The van der Waals surface area contributed by atoms with Crippen LogP contribution in [0.1, 0.15) is 47.0 Å². The lowest BCUT2D eigenvalue weighted by molar-refractivity contribution is 0.126. The molecule has 0 aromatic heterocycles. The molecule has 0 spiro atoms. The van der Waals surface area contributed by atoms with Crippen LogP contribution in [0.15, 0.2) is 0 Å². The molecule has 2 heteroatoms. The van der Waals surface area contributed by atoms with Gasteiger partial charge >= 0.3 is 0 Å². The van der Waals surface area contributed by atoms with Crippen LogP contribution in [-0.2, 0) is 0 Å². The Balaban J connectivity index is 4.08. The highest BCUT2D eigenvalue weighted by atomic mass is 15.2. The van der Waals surface area contributed by atoms with Crippen LogP contribution in [-0.4, -0.2) is 30.6 Å². The van der Waals surface area contributed by atoms with Gasteiger partial charge in [0.1, 0.15) is 0 Å². The molecule has 0 aromatic rings. The average Bonchev–Trinajstić information content (AvgIpc) is 2.14. The Morgan fingerprint density at radius 3 is 2.29 bits per heavy atom. The van der Waals surface area contributed by atoms with E-state index >= 15 is 0 Å². The topological polar surface area (TPSA) is 29.3 Å². The fourth-order valence-electron chi connectivity index (χ4n) is 1.71. The van der Waals surface area contributed by atoms with Crippen molar-refractivity contribution in [3.63, 3.8) is 0 Å². The minimum absolute atomic E-state index is 0.198. The highest BCUT2D eigenvalue weighted by Gasteiger charge is 2.26. The van der Waals surface area contributed by atoms with Crippen LogP contribution in [0, 0.1) is 5.92 Å². The number of likely N-dealkylation sites (N-methyl/N-ethyl adjacent to an activating group) is 1. The van der Waals surface area contributed by atoms with E-state index in [2.05, 4.69) is 39.6 Å². The maximum atomic E-state index is 5.86. The molecule has 0 bridgehead atoms. The molecule has 2 nitrogen and oxygen atoms in total. The molecule has 0 aliphatic carbocycles. The summed E-state index contributed by atoms with van der Waals surface area (Å²) >= 11 is 0. The lowest BCUT2D eigenvalue weighted by atomic mass is 9.94. The minimum atomic E-state index is 0.198. The van der Waals surface area contributed by atoms with Crippen molar-refractivity contribution >= 4 is 0 Å². The summed E-state index contributed by atoms with van der Waals surface area (Å²) in [6.07, 6.45) is 3.66. The van der Waals surface area contributed by atoms with E-state index in [1.807, 2.05) is 0 Å². The van der Waals surface area contributed by atoms with E-state index in [0.29, 0.717) is 0 Å². The lowest BCUT2D eigenvalue weighted by Gasteiger charge is -2.38. The van der Waals surface area contributed by atoms with Crippen molar-refractivity contribution in [2.45, 2.75) is 52.5 Å². The standard InChI is InChI=1S/C12H28N2/c1-6-8-12(4,10-13)14(5)9-7-11(2)3/h11H,6-10,13H2,1-5H3. The van der Waals surface area contributed by atoms with Crippen LogP contribution in [0.2, 0.25) is 0 Å². The summed E-state index contributed by atoms with van der Waals surface area (Å²) in [5, 5.41) is 0. The molecule has 0 aliphatic heterocycles. The summed E-state index contributed by atoms with van der Waals surface area (Å²) in [4.78, 5) is 2.43. The Kier molecular flexibility index (Phi) is 6.38. The first-order valence-electron chi connectivity index (χ1n) is 5.87. The number of hydrogen-bond acceptors (Lipinski definition) is 2. The molecule has 1 atom stereocenters. The molecule has 0 rings (SSSR count). The van der Waals surface area contributed by atoms with Gasteiger partial charge in [-0.2, -0.15) is 0 Å². The monoisotopic (exact) mass is 200 g/mol. The van der Waals surface area contributed by atoms with Gasteiger partial charge < -0.3 is 5.73 Å². The molecule has 0 saturated heterocycles. The second-order valence-corrected chi connectivity index (χ2v) is 5.06. The van der Waals surface area contributed by atoms with Crippen LogP contribution in [0.3, 0.4) is 0 Å². The van der Waals surface area contributed by atoms with Gasteiger partial charge in [0.25, 0.3) is 0 Å². The summed E-state index contributed by atoms with van der Waals surface area (Å²) in [5.74, 6) is 0.779. The van der Waals surface area contributed by atoms with Gasteiger partial charge in [-0.05, 0) is 39.3 Å². The molecule has 14 heavy (non-hydrogen) atoms. The van der Waals surface area contributed by atoms with Crippen molar-refractivity contribution in [3.8, 4) is 0 Å². The van der Waals surface area contributed by atoms with Crippen molar-refractivity contribution in [3.05, 3.63) is 0 Å². The van der Waals surface area contributed by atoms with Gasteiger partial charge in [-0.25, -0.2) is 0 Å². The van der Waals surface area contributed by atoms with Crippen LogP contribution in [0.4, 0.5) is 0 Å². The molecule has 0 heterocycles. The quantitative estimate of drug-likeness (QED) is 0.684. The predicted octanol–water partition coefficient (Wildman–Crippen LogP) is 2.48. The van der Waals surface area contributed by atoms with E-state index in [-0.39, 0.29) is 5.54 Å². The molecule has 0 aromatic carbocycles. The largest absolute Gasteiger partial charge is 0.329 e. The number of hydrogen-bond donors (Lipinski definition) is 1. The van der Waals surface area contributed by atoms with Gasteiger partial charge in [0.2, 0.25) is 0 Å². The molecule has 0 fully saturated rings. The molecule has 0 radical (unpaired) electrons. The third-order valence-electron chi connectivity index (χ3n) is 3.19. The van der Waals surface area contributed by atoms with Crippen molar-refractivity contribution in [1.82, 2.24) is 4.90 Å². The van der Waals surface area contributed by atoms with Gasteiger partial charge in [0.05, 0.1) is 0 Å². The third kappa shape index (κ3) is 4.43. The van der Waals surface area contributed by atoms with Gasteiger partial charge in [-0.1, -0.05) is 27.2 Å². The van der Waals surface area contributed by atoms with Crippen LogP contribution >= 0.6 is 0 Å². The summed E-state index contributed by atoms with van der Waals surface area (Å²) in [7, 11) is 2.20. The van der Waals surface area contributed by atoms with Gasteiger partial charge in [-0.3, -0.25) is 4.90 Å². The number of rotatable bonds is 7. The van der Waals surface area contributed by atoms with Crippen LogP contribution < -0.4 is 5.73 Å². The molecule has 0 saturated carbocycles. The molecule has 0 aliphatic rings. The highest BCUT2D eigenvalue weighted by Crippen LogP contribution is 2.19. The first-order valence-corrected chi connectivity index (χ1v) is 5.87. The lowest BCUT2D eigenvalue weighted by Crippen LogP contribution is -2.50.